The molecule has 0 saturated carbocycles. The van der Waals surface area contributed by atoms with Gasteiger partial charge in [0.15, 0.2) is 23.2 Å². The lowest BCUT2D eigenvalue weighted by molar-refractivity contribution is -0.126. The van der Waals surface area contributed by atoms with Crippen molar-refractivity contribution in [3.63, 3.8) is 0 Å². The highest BCUT2D eigenvalue weighted by molar-refractivity contribution is 6.16. The molecule has 0 aliphatic rings. The fourth-order valence-electron chi connectivity index (χ4n) is 2.90. The van der Waals surface area contributed by atoms with Crippen LogP contribution in [0.4, 0.5) is 8.78 Å². The van der Waals surface area contributed by atoms with Crippen LogP contribution in [-0.2, 0) is 11.3 Å². The van der Waals surface area contributed by atoms with Crippen LogP contribution in [-0.4, -0.2) is 23.2 Å². The molecule has 2 aromatic carbocycles. The van der Waals surface area contributed by atoms with Gasteiger partial charge in [0.2, 0.25) is 0 Å². The summed E-state index contributed by atoms with van der Waals surface area (Å²) in [5.74, 6) is -1.96. The SMILES string of the molecule is C.COc1ccc2c(C(=O)c3ccc(F)c(F)c3)cn(CC(=O)C(C)(C)C)c2c1. The molecule has 0 N–H and O–H groups in total. The average Bonchev–Trinajstić information content (AvgIpc) is 3.00. The number of methoxy groups -OCH3 is 1. The van der Waals surface area contributed by atoms with E-state index in [-0.39, 0.29) is 25.3 Å². The Morgan fingerprint density at radius 3 is 2.31 bits per heavy atom. The van der Waals surface area contributed by atoms with Crippen molar-refractivity contribution < 1.29 is 23.1 Å². The second-order valence-electron chi connectivity index (χ2n) is 7.68. The second kappa shape index (κ2) is 8.15. The smallest absolute Gasteiger partial charge is 0.195 e. The second-order valence-corrected chi connectivity index (χ2v) is 7.68. The first kappa shape index (κ1) is 22.3. The van der Waals surface area contributed by atoms with Crippen LogP contribution in [0, 0.1) is 17.0 Å². The number of nitrogens with zero attached hydrogens (tertiary/aromatic N) is 1. The van der Waals surface area contributed by atoms with E-state index in [1.165, 1.54) is 13.2 Å². The van der Waals surface area contributed by atoms with Gasteiger partial charge in [-0.15, -0.1) is 0 Å². The molecule has 29 heavy (non-hydrogen) atoms. The number of carbonyl (C=O) groups is 2. The molecule has 4 nitrogen and oxygen atoms in total. The summed E-state index contributed by atoms with van der Waals surface area (Å²) in [5, 5.41) is 0.609. The molecule has 0 amide bonds. The number of benzene rings is 2. The molecule has 0 unspecified atom stereocenters. The first-order valence-corrected chi connectivity index (χ1v) is 8.81. The van der Waals surface area contributed by atoms with Gasteiger partial charge >= 0.3 is 0 Å². The summed E-state index contributed by atoms with van der Waals surface area (Å²) in [7, 11) is 1.53. The number of halogens is 2. The lowest BCUT2D eigenvalue weighted by atomic mass is 9.91. The molecule has 0 saturated heterocycles. The van der Waals surface area contributed by atoms with E-state index in [4.69, 9.17) is 4.74 Å². The predicted octanol–water partition coefficient (Wildman–Crippen LogP) is 5.41. The monoisotopic (exact) mass is 401 g/mol. The van der Waals surface area contributed by atoms with E-state index in [1.807, 2.05) is 20.8 Å². The van der Waals surface area contributed by atoms with Gasteiger partial charge in [0.05, 0.1) is 19.2 Å². The zero-order chi connectivity index (χ0) is 20.6. The molecule has 0 atom stereocenters. The average molecular weight is 401 g/mol. The zero-order valence-corrected chi connectivity index (χ0v) is 16.2. The molecule has 1 aromatic heterocycles. The van der Waals surface area contributed by atoms with E-state index in [1.54, 1.807) is 29.0 Å². The van der Waals surface area contributed by atoms with Gasteiger partial charge in [-0.1, -0.05) is 28.2 Å². The maximum atomic E-state index is 13.6. The van der Waals surface area contributed by atoms with Gasteiger partial charge in [-0.2, -0.15) is 0 Å². The van der Waals surface area contributed by atoms with Crippen molar-refractivity contribution in [2.75, 3.05) is 7.11 Å². The third-order valence-electron chi connectivity index (χ3n) is 4.67. The Balaban J connectivity index is 0.00000300. The Morgan fingerprint density at radius 2 is 1.72 bits per heavy atom. The number of aromatic nitrogens is 1. The van der Waals surface area contributed by atoms with E-state index in [2.05, 4.69) is 0 Å². The Kier molecular flexibility index (Phi) is 6.26. The number of hydrogen-bond acceptors (Lipinski definition) is 3. The maximum Gasteiger partial charge on any atom is 0.195 e. The van der Waals surface area contributed by atoms with Crippen LogP contribution in [0.15, 0.2) is 42.6 Å². The molecule has 154 valence electrons. The highest BCUT2D eigenvalue weighted by Gasteiger charge is 2.24. The fourth-order valence-corrected chi connectivity index (χ4v) is 2.90. The molecule has 0 aliphatic carbocycles. The van der Waals surface area contributed by atoms with Gasteiger partial charge in [-0.05, 0) is 30.3 Å². The van der Waals surface area contributed by atoms with E-state index in [0.717, 1.165) is 12.1 Å². The van der Waals surface area contributed by atoms with Crippen LogP contribution < -0.4 is 4.74 Å². The van der Waals surface area contributed by atoms with Gasteiger partial charge in [0.1, 0.15) is 5.75 Å². The summed E-state index contributed by atoms with van der Waals surface area (Å²) in [6.45, 7) is 5.57. The number of fused-ring (bicyclic) bond motifs is 1. The van der Waals surface area contributed by atoms with Crippen molar-refractivity contribution in [2.45, 2.75) is 34.7 Å². The van der Waals surface area contributed by atoms with Gasteiger partial charge in [-0.3, -0.25) is 9.59 Å². The van der Waals surface area contributed by atoms with E-state index in [0.29, 0.717) is 22.2 Å². The van der Waals surface area contributed by atoms with Gasteiger partial charge in [0, 0.05) is 34.2 Å². The molecule has 1 heterocycles. The molecular weight excluding hydrogens is 376 g/mol. The predicted molar refractivity (Wildman–Crippen MR) is 109 cm³/mol. The molecule has 0 radical (unpaired) electrons. The standard InChI is InChI=1S/C22H21F2NO3.CH4/c1-22(2,3)20(26)12-25-11-16(15-7-6-14(28-4)10-19(15)25)21(27)13-5-8-17(23)18(24)9-13;/h5-11H,12H2,1-4H3;1H4. The van der Waals surface area contributed by atoms with Crippen molar-refractivity contribution in [3.05, 3.63) is 65.4 Å². The fraction of sp³-hybridized carbons (Fsp3) is 0.304. The number of rotatable bonds is 5. The van der Waals surface area contributed by atoms with E-state index >= 15 is 0 Å². The van der Waals surface area contributed by atoms with E-state index < -0.39 is 22.8 Å². The minimum Gasteiger partial charge on any atom is -0.497 e. The van der Waals surface area contributed by atoms with Crippen LogP contribution in [0.2, 0.25) is 0 Å². The van der Waals surface area contributed by atoms with Gasteiger partial charge in [0.25, 0.3) is 0 Å². The minimum atomic E-state index is -1.08. The largest absolute Gasteiger partial charge is 0.497 e. The van der Waals surface area contributed by atoms with Gasteiger partial charge < -0.3 is 9.30 Å². The first-order chi connectivity index (χ1) is 13.1. The number of Topliss-reactive ketones (excluding diaryl/α,β-unsaturated/α-hetero) is 1. The normalized spacial score (nSPS) is 11.2. The summed E-state index contributed by atoms with van der Waals surface area (Å²) in [6, 6.07) is 8.22. The molecule has 0 bridgehead atoms. The summed E-state index contributed by atoms with van der Waals surface area (Å²) in [6.07, 6.45) is 1.58. The third-order valence-corrected chi connectivity index (χ3v) is 4.67. The highest BCUT2D eigenvalue weighted by atomic mass is 19.2. The molecular formula is C23H25F2NO3. The molecule has 0 fully saturated rings. The Bertz CT molecular complexity index is 1080. The lowest BCUT2D eigenvalue weighted by Crippen LogP contribution is -2.24. The quantitative estimate of drug-likeness (QED) is 0.537. The van der Waals surface area contributed by atoms with Crippen molar-refractivity contribution >= 4 is 22.5 Å². The lowest BCUT2D eigenvalue weighted by Gasteiger charge is -2.17. The van der Waals surface area contributed by atoms with Crippen molar-refractivity contribution in [1.82, 2.24) is 4.57 Å². The molecule has 3 rings (SSSR count). The maximum absolute atomic E-state index is 13.6. The highest BCUT2D eigenvalue weighted by Crippen LogP contribution is 2.29. The van der Waals surface area contributed by atoms with Crippen molar-refractivity contribution in [3.8, 4) is 5.75 Å². The summed E-state index contributed by atoms with van der Waals surface area (Å²) in [5.41, 5.74) is 0.462. The number of carbonyl (C=O) groups excluding carboxylic acids is 2. The number of ketones is 2. The zero-order valence-electron chi connectivity index (χ0n) is 16.2. The topological polar surface area (TPSA) is 48.3 Å². The van der Waals surface area contributed by atoms with Crippen molar-refractivity contribution in [2.24, 2.45) is 5.41 Å². The first-order valence-electron chi connectivity index (χ1n) is 8.81. The molecule has 0 spiro atoms. The molecule has 0 aliphatic heterocycles. The Hall–Kier alpha value is -3.02. The van der Waals surface area contributed by atoms with Crippen LogP contribution in [0.25, 0.3) is 10.9 Å². The third kappa shape index (κ3) is 4.36. The van der Waals surface area contributed by atoms with Crippen LogP contribution >= 0.6 is 0 Å². The minimum absolute atomic E-state index is 0. The van der Waals surface area contributed by atoms with Crippen LogP contribution in [0.3, 0.4) is 0 Å². The Morgan fingerprint density at radius 1 is 1.03 bits per heavy atom. The number of hydrogen-bond donors (Lipinski definition) is 0. The summed E-state index contributed by atoms with van der Waals surface area (Å²) < 4.78 is 33.8. The van der Waals surface area contributed by atoms with Crippen LogP contribution in [0.1, 0.15) is 44.1 Å². The Labute approximate surface area is 169 Å². The van der Waals surface area contributed by atoms with Crippen molar-refractivity contribution in [1.29, 1.82) is 0 Å². The number of ether oxygens (including phenoxy) is 1. The van der Waals surface area contributed by atoms with E-state index in [9.17, 15) is 18.4 Å². The summed E-state index contributed by atoms with van der Waals surface area (Å²) >= 11 is 0. The van der Waals surface area contributed by atoms with Crippen LogP contribution in [0.5, 0.6) is 5.75 Å². The molecule has 3 aromatic rings. The summed E-state index contributed by atoms with van der Waals surface area (Å²) in [4.78, 5) is 25.5. The van der Waals surface area contributed by atoms with Gasteiger partial charge in [-0.25, -0.2) is 8.78 Å². The molecule has 6 heteroatoms.